The minimum Gasteiger partial charge on any atom is -0.0622 e. The molecule has 0 heteroatoms. The summed E-state index contributed by atoms with van der Waals surface area (Å²) in [5.74, 6) is 0.482. The van der Waals surface area contributed by atoms with Crippen molar-refractivity contribution in [1.82, 2.24) is 0 Å². The topological polar surface area (TPSA) is 0 Å². The Bertz CT molecular complexity index is 913. The minimum absolute atomic E-state index is 0.482. The second kappa shape index (κ2) is 9.19. The van der Waals surface area contributed by atoms with Crippen LogP contribution in [0, 0.1) is 0 Å². The van der Waals surface area contributed by atoms with Crippen LogP contribution in [0.5, 0.6) is 0 Å². The van der Waals surface area contributed by atoms with Crippen molar-refractivity contribution in [3.05, 3.63) is 143 Å². The van der Waals surface area contributed by atoms with Crippen LogP contribution in [-0.4, -0.2) is 0 Å². The molecule has 0 aliphatic carbocycles. The first-order valence-corrected chi connectivity index (χ1v) is 10.1. The van der Waals surface area contributed by atoms with Crippen molar-refractivity contribution in [3.63, 3.8) is 0 Å². The molecule has 4 aromatic carbocycles. The molecule has 0 atom stereocenters. The lowest BCUT2D eigenvalue weighted by Gasteiger charge is -2.18. The van der Waals surface area contributed by atoms with E-state index >= 15 is 0 Å². The van der Waals surface area contributed by atoms with Gasteiger partial charge in [0.05, 0.1) is 0 Å². The molecule has 0 spiro atoms. The highest BCUT2D eigenvalue weighted by molar-refractivity contribution is 5.32. The zero-order valence-corrected chi connectivity index (χ0v) is 16.2. The molecular weight excluding hydrogens is 336 g/mol. The van der Waals surface area contributed by atoms with Crippen LogP contribution in [0.1, 0.15) is 33.7 Å². The van der Waals surface area contributed by atoms with Crippen molar-refractivity contribution in [2.45, 2.75) is 25.2 Å². The predicted molar refractivity (Wildman–Crippen MR) is 119 cm³/mol. The SMILES string of the molecule is c1ccc(Cc2ccc(C(Cc3ccccc3)Cc3ccccc3)cc2)cc1. The molecule has 0 bridgehead atoms. The molecule has 0 radical (unpaired) electrons. The van der Waals surface area contributed by atoms with Crippen molar-refractivity contribution in [3.8, 4) is 0 Å². The lowest BCUT2D eigenvalue weighted by atomic mass is 9.86. The Hall–Kier alpha value is -3.12. The largest absolute Gasteiger partial charge is 0.0622 e. The molecule has 0 fully saturated rings. The van der Waals surface area contributed by atoms with Crippen molar-refractivity contribution in [1.29, 1.82) is 0 Å². The summed E-state index contributed by atoms with van der Waals surface area (Å²) in [6.45, 7) is 0. The van der Waals surface area contributed by atoms with Gasteiger partial charge in [-0.2, -0.15) is 0 Å². The fraction of sp³-hybridized carbons (Fsp3) is 0.143. The monoisotopic (exact) mass is 362 g/mol. The van der Waals surface area contributed by atoms with Crippen LogP contribution in [0.3, 0.4) is 0 Å². The first-order valence-electron chi connectivity index (χ1n) is 10.1. The molecule has 138 valence electrons. The first-order chi connectivity index (χ1) is 13.9. The van der Waals surface area contributed by atoms with E-state index in [-0.39, 0.29) is 0 Å². The van der Waals surface area contributed by atoms with Crippen molar-refractivity contribution >= 4 is 0 Å². The van der Waals surface area contributed by atoms with Crippen LogP contribution in [0.2, 0.25) is 0 Å². The third-order valence-electron chi connectivity index (χ3n) is 5.35. The second-order valence-corrected chi connectivity index (χ2v) is 7.48. The molecule has 28 heavy (non-hydrogen) atoms. The highest BCUT2D eigenvalue weighted by atomic mass is 14.2. The van der Waals surface area contributed by atoms with Crippen molar-refractivity contribution in [2.24, 2.45) is 0 Å². The van der Waals surface area contributed by atoms with E-state index in [1.54, 1.807) is 0 Å². The Balaban J connectivity index is 1.54. The summed E-state index contributed by atoms with van der Waals surface area (Å²) in [6, 6.07) is 41.6. The van der Waals surface area contributed by atoms with Gasteiger partial charge in [-0.25, -0.2) is 0 Å². The molecule has 0 saturated carbocycles. The average molecular weight is 363 g/mol. The van der Waals surface area contributed by atoms with Crippen LogP contribution in [0.25, 0.3) is 0 Å². The van der Waals surface area contributed by atoms with E-state index in [9.17, 15) is 0 Å². The van der Waals surface area contributed by atoms with Gasteiger partial charge in [-0.15, -0.1) is 0 Å². The van der Waals surface area contributed by atoms with Gasteiger partial charge in [0.1, 0.15) is 0 Å². The number of rotatable bonds is 7. The zero-order chi connectivity index (χ0) is 19.0. The summed E-state index contributed by atoms with van der Waals surface area (Å²) < 4.78 is 0. The van der Waals surface area contributed by atoms with Gasteiger partial charge in [-0.1, -0.05) is 115 Å². The normalized spacial score (nSPS) is 10.9. The Kier molecular flexibility index (Phi) is 5.99. The summed E-state index contributed by atoms with van der Waals surface area (Å²) >= 11 is 0. The third kappa shape index (κ3) is 4.98. The Labute approximate surface area is 168 Å². The molecule has 0 aromatic heterocycles. The van der Waals surface area contributed by atoms with Crippen molar-refractivity contribution in [2.75, 3.05) is 0 Å². The maximum Gasteiger partial charge on any atom is -0.00258 e. The van der Waals surface area contributed by atoms with Gasteiger partial charge in [0.2, 0.25) is 0 Å². The summed E-state index contributed by atoms with van der Waals surface area (Å²) in [6.07, 6.45) is 3.12. The van der Waals surface area contributed by atoms with E-state index in [4.69, 9.17) is 0 Å². The van der Waals surface area contributed by atoms with Crippen LogP contribution >= 0.6 is 0 Å². The Morgan fingerprint density at radius 2 is 0.786 bits per heavy atom. The molecule has 0 amide bonds. The van der Waals surface area contributed by atoms with E-state index in [1.807, 2.05) is 0 Å². The third-order valence-corrected chi connectivity index (χ3v) is 5.35. The molecule has 0 unspecified atom stereocenters. The smallest absolute Gasteiger partial charge is 0.00258 e. The minimum atomic E-state index is 0.482. The average Bonchev–Trinajstić information content (AvgIpc) is 2.76. The van der Waals surface area contributed by atoms with Crippen LogP contribution in [-0.2, 0) is 19.3 Å². The number of hydrogen-bond acceptors (Lipinski definition) is 0. The highest BCUT2D eigenvalue weighted by Crippen LogP contribution is 2.26. The maximum absolute atomic E-state index is 2.33. The first kappa shape index (κ1) is 18.3. The zero-order valence-electron chi connectivity index (χ0n) is 16.2. The van der Waals surface area contributed by atoms with Gasteiger partial charge < -0.3 is 0 Å². The maximum atomic E-state index is 2.33. The molecule has 0 aliphatic rings. The fourth-order valence-electron chi connectivity index (χ4n) is 3.84. The lowest BCUT2D eigenvalue weighted by Crippen LogP contribution is -2.07. The molecule has 0 aliphatic heterocycles. The predicted octanol–water partition coefficient (Wildman–Crippen LogP) is 6.85. The van der Waals surface area contributed by atoms with Gasteiger partial charge in [-0.3, -0.25) is 0 Å². The molecule has 0 N–H and O–H groups in total. The van der Waals surface area contributed by atoms with E-state index < -0.39 is 0 Å². The van der Waals surface area contributed by atoms with E-state index in [2.05, 4.69) is 115 Å². The van der Waals surface area contributed by atoms with E-state index in [1.165, 1.54) is 27.8 Å². The molecule has 0 heterocycles. The van der Waals surface area contributed by atoms with Crippen LogP contribution < -0.4 is 0 Å². The quantitative estimate of drug-likeness (QED) is 0.337. The summed E-state index contributed by atoms with van der Waals surface area (Å²) in [7, 11) is 0. The van der Waals surface area contributed by atoms with Crippen molar-refractivity contribution < 1.29 is 0 Å². The molecule has 4 aromatic rings. The summed E-state index contributed by atoms with van der Waals surface area (Å²) in [5.41, 5.74) is 6.95. The fourth-order valence-corrected chi connectivity index (χ4v) is 3.84. The summed E-state index contributed by atoms with van der Waals surface area (Å²) in [5, 5.41) is 0. The standard InChI is InChI=1S/C28H26/c1-4-10-23(11-5-1)20-26-16-18-27(19-17-26)28(21-24-12-6-2-7-13-24)22-25-14-8-3-9-15-25/h1-19,28H,20-22H2. The molecule has 4 rings (SSSR count). The number of benzene rings is 4. The second-order valence-electron chi connectivity index (χ2n) is 7.48. The van der Waals surface area contributed by atoms with E-state index in [0.29, 0.717) is 5.92 Å². The van der Waals surface area contributed by atoms with E-state index in [0.717, 1.165) is 19.3 Å². The Morgan fingerprint density at radius 1 is 0.393 bits per heavy atom. The van der Waals surface area contributed by atoms with Gasteiger partial charge in [0.15, 0.2) is 0 Å². The molecular formula is C28H26. The highest BCUT2D eigenvalue weighted by Gasteiger charge is 2.13. The van der Waals surface area contributed by atoms with Gasteiger partial charge in [-0.05, 0) is 53.0 Å². The van der Waals surface area contributed by atoms with Gasteiger partial charge in [0, 0.05) is 0 Å². The Morgan fingerprint density at radius 3 is 1.25 bits per heavy atom. The molecule has 0 saturated heterocycles. The number of hydrogen-bond donors (Lipinski definition) is 0. The van der Waals surface area contributed by atoms with Gasteiger partial charge >= 0.3 is 0 Å². The summed E-state index contributed by atoms with van der Waals surface area (Å²) in [4.78, 5) is 0. The van der Waals surface area contributed by atoms with Crippen LogP contribution in [0.4, 0.5) is 0 Å². The molecule has 0 nitrogen and oxygen atoms in total. The van der Waals surface area contributed by atoms with Gasteiger partial charge in [0.25, 0.3) is 0 Å². The lowest BCUT2D eigenvalue weighted by molar-refractivity contribution is 0.680. The van der Waals surface area contributed by atoms with Crippen LogP contribution in [0.15, 0.2) is 115 Å².